The van der Waals surface area contributed by atoms with Gasteiger partial charge in [-0.3, -0.25) is 0 Å². The predicted molar refractivity (Wildman–Crippen MR) is 52.9 cm³/mol. The standard InChI is InChI=1S/C11H16O2/c1-4-13-10-7-5-6-9(8-10)11(2,3)12/h5-8,12H,4H2,1-3H3. The minimum atomic E-state index is -0.799. The quantitative estimate of drug-likeness (QED) is 0.773. The Morgan fingerprint density at radius 2 is 2.08 bits per heavy atom. The molecule has 0 spiro atoms. The van der Waals surface area contributed by atoms with Crippen LogP contribution in [0, 0.1) is 0 Å². The van der Waals surface area contributed by atoms with Crippen molar-refractivity contribution in [3.8, 4) is 5.75 Å². The lowest BCUT2D eigenvalue weighted by Gasteiger charge is -2.18. The molecule has 0 atom stereocenters. The van der Waals surface area contributed by atoms with E-state index in [9.17, 15) is 5.11 Å². The summed E-state index contributed by atoms with van der Waals surface area (Å²) in [6.07, 6.45) is 0. The first kappa shape index (κ1) is 10.1. The van der Waals surface area contributed by atoms with E-state index in [1.54, 1.807) is 13.8 Å². The maximum absolute atomic E-state index is 9.73. The van der Waals surface area contributed by atoms with Crippen LogP contribution in [0.2, 0.25) is 0 Å². The fourth-order valence-corrected chi connectivity index (χ4v) is 1.13. The van der Waals surface area contributed by atoms with E-state index in [4.69, 9.17) is 4.74 Å². The molecule has 1 aromatic rings. The zero-order valence-electron chi connectivity index (χ0n) is 8.37. The van der Waals surface area contributed by atoms with E-state index >= 15 is 0 Å². The van der Waals surface area contributed by atoms with Crippen LogP contribution >= 0.6 is 0 Å². The molecule has 2 nitrogen and oxygen atoms in total. The molecule has 0 unspecified atom stereocenters. The molecule has 1 N–H and O–H groups in total. The van der Waals surface area contributed by atoms with Gasteiger partial charge in [0.2, 0.25) is 0 Å². The van der Waals surface area contributed by atoms with Crippen molar-refractivity contribution >= 4 is 0 Å². The molecule has 0 radical (unpaired) electrons. The van der Waals surface area contributed by atoms with Gasteiger partial charge in [-0.2, -0.15) is 0 Å². The van der Waals surface area contributed by atoms with Crippen LogP contribution in [-0.2, 0) is 5.60 Å². The summed E-state index contributed by atoms with van der Waals surface area (Å²) < 4.78 is 5.33. The first-order valence-electron chi connectivity index (χ1n) is 4.49. The molecule has 2 heteroatoms. The van der Waals surface area contributed by atoms with E-state index in [1.807, 2.05) is 31.2 Å². The maximum Gasteiger partial charge on any atom is 0.119 e. The zero-order chi connectivity index (χ0) is 9.90. The fourth-order valence-electron chi connectivity index (χ4n) is 1.13. The second-order valence-electron chi connectivity index (χ2n) is 3.52. The van der Waals surface area contributed by atoms with E-state index in [-0.39, 0.29) is 0 Å². The Balaban J connectivity index is 2.92. The fraction of sp³-hybridized carbons (Fsp3) is 0.455. The third kappa shape index (κ3) is 2.74. The largest absolute Gasteiger partial charge is 0.494 e. The molecule has 13 heavy (non-hydrogen) atoms. The van der Waals surface area contributed by atoms with Crippen LogP contribution in [0.25, 0.3) is 0 Å². The van der Waals surface area contributed by atoms with Crippen molar-refractivity contribution in [3.05, 3.63) is 29.8 Å². The Bertz CT molecular complexity index is 274. The van der Waals surface area contributed by atoms with Gasteiger partial charge in [-0.15, -0.1) is 0 Å². The Labute approximate surface area is 79.2 Å². The van der Waals surface area contributed by atoms with Gasteiger partial charge in [-0.25, -0.2) is 0 Å². The third-order valence-corrected chi connectivity index (χ3v) is 1.85. The smallest absolute Gasteiger partial charge is 0.119 e. The van der Waals surface area contributed by atoms with Crippen molar-refractivity contribution in [2.24, 2.45) is 0 Å². The highest BCUT2D eigenvalue weighted by Crippen LogP contribution is 2.23. The molecular formula is C11H16O2. The molecule has 0 saturated heterocycles. The Kier molecular flexibility index (Phi) is 2.94. The molecule has 0 bridgehead atoms. The SMILES string of the molecule is CCOc1cccc(C(C)(C)O)c1. The summed E-state index contributed by atoms with van der Waals surface area (Å²) >= 11 is 0. The van der Waals surface area contributed by atoms with Crippen molar-refractivity contribution in [1.82, 2.24) is 0 Å². The van der Waals surface area contributed by atoms with Crippen LogP contribution in [0.15, 0.2) is 24.3 Å². The molecular weight excluding hydrogens is 164 g/mol. The van der Waals surface area contributed by atoms with Gasteiger partial charge in [0.1, 0.15) is 5.75 Å². The molecule has 0 aliphatic carbocycles. The monoisotopic (exact) mass is 180 g/mol. The highest BCUT2D eigenvalue weighted by Gasteiger charge is 2.15. The first-order valence-corrected chi connectivity index (χ1v) is 4.49. The molecule has 0 aromatic heterocycles. The van der Waals surface area contributed by atoms with Crippen molar-refractivity contribution < 1.29 is 9.84 Å². The average molecular weight is 180 g/mol. The second kappa shape index (κ2) is 3.79. The minimum Gasteiger partial charge on any atom is -0.494 e. The molecule has 0 aliphatic heterocycles. The second-order valence-corrected chi connectivity index (χ2v) is 3.52. The highest BCUT2D eigenvalue weighted by atomic mass is 16.5. The van der Waals surface area contributed by atoms with Crippen molar-refractivity contribution in [1.29, 1.82) is 0 Å². The van der Waals surface area contributed by atoms with Gasteiger partial charge in [-0.05, 0) is 38.5 Å². The van der Waals surface area contributed by atoms with Crippen LogP contribution < -0.4 is 4.74 Å². The molecule has 0 aliphatic rings. The summed E-state index contributed by atoms with van der Waals surface area (Å²) in [5.74, 6) is 0.808. The van der Waals surface area contributed by atoms with Crippen LogP contribution in [0.3, 0.4) is 0 Å². The molecule has 1 rings (SSSR count). The van der Waals surface area contributed by atoms with E-state index < -0.39 is 5.60 Å². The molecule has 0 fully saturated rings. The highest BCUT2D eigenvalue weighted by molar-refractivity contribution is 5.31. The summed E-state index contributed by atoms with van der Waals surface area (Å²) in [6, 6.07) is 7.53. The Hall–Kier alpha value is -1.02. The summed E-state index contributed by atoms with van der Waals surface area (Å²) in [7, 11) is 0. The van der Waals surface area contributed by atoms with Gasteiger partial charge >= 0.3 is 0 Å². The lowest BCUT2D eigenvalue weighted by atomic mass is 9.98. The lowest BCUT2D eigenvalue weighted by molar-refractivity contribution is 0.0782. The zero-order valence-corrected chi connectivity index (χ0v) is 8.37. The normalized spacial score (nSPS) is 11.4. The minimum absolute atomic E-state index is 0.648. The summed E-state index contributed by atoms with van der Waals surface area (Å²) in [6.45, 7) is 6.11. The number of ether oxygens (including phenoxy) is 1. The number of hydrogen-bond donors (Lipinski definition) is 1. The topological polar surface area (TPSA) is 29.5 Å². The molecule has 1 aromatic carbocycles. The molecule has 0 amide bonds. The summed E-state index contributed by atoms with van der Waals surface area (Å²) in [5, 5.41) is 9.73. The number of aliphatic hydroxyl groups is 1. The van der Waals surface area contributed by atoms with E-state index in [2.05, 4.69) is 0 Å². The van der Waals surface area contributed by atoms with Crippen molar-refractivity contribution in [2.75, 3.05) is 6.61 Å². The van der Waals surface area contributed by atoms with Crippen LogP contribution in [0.1, 0.15) is 26.3 Å². The van der Waals surface area contributed by atoms with Crippen LogP contribution in [0.5, 0.6) is 5.75 Å². The Morgan fingerprint density at radius 1 is 1.38 bits per heavy atom. The third-order valence-electron chi connectivity index (χ3n) is 1.85. The molecule has 0 heterocycles. The first-order chi connectivity index (χ1) is 6.04. The lowest BCUT2D eigenvalue weighted by Crippen LogP contribution is -2.15. The predicted octanol–water partition coefficient (Wildman–Crippen LogP) is 2.31. The van der Waals surface area contributed by atoms with Gasteiger partial charge in [0, 0.05) is 0 Å². The number of benzene rings is 1. The average Bonchev–Trinajstić information content (AvgIpc) is 2.04. The number of rotatable bonds is 3. The van der Waals surface area contributed by atoms with Crippen molar-refractivity contribution in [3.63, 3.8) is 0 Å². The van der Waals surface area contributed by atoms with E-state index in [0.29, 0.717) is 6.61 Å². The molecule has 0 saturated carbocycles. The Morgan fingerprint density at radius 3 is 2.62 bits per heavy atom. The van der Waals surface area contributed by atoms with Crippen LogP contribution in [0.4, 0.5) is 0 Å². The van der Waals surface area contributed by atoms with E-state index in [0.717, 1.165) is 11.3 Å². The van der Waals surface area contributed by atoms with E-state index in [1.165, 1.54) is 0 Å². The maximum atomic E-state index is 9.73. The summed E-state index contributed by atoms with van der Waals surface area (Å²) in [4.78, 5) is 0. The van der Waals surface area contributed by atoms with Gasteiger partial charge < -0.3 is 9.84 Å². The van der Waals surface area contributed by atoms with Gasteiger partial charge in [0.25, 0.3) is 0 Å². The van der Waals surface area contributed by atoms with Gasteiger partial charge in [0.05, 0.1) is 12.2 Å². The molecule has 72 valence electrons. The van der Waals surface area contributed by atoms with Gasteiger partial charge in [0.15, 0.2) is 0 Å². The van der Waals surface area contributed by atoms with Crippen molar-refractivity contribution in [2.45, 2.75) is 26.4 Å². The number of hydrogen-bond acceptors (Lipinski definition) is 2. The van der Waals surface area contributed by atoms with Crippen LogP contribution in [-0.4, -0.2) is 11.7 Å². The van der Waals surface area contributed by atoms with Gasteiger partial charge in [-0.1, -0.05) is 12.1 Å². The summed E-state index contributed by atoms with van der Waals surface area (Å²) in [5.41, 5.74) is 0.0751.